The monoisotopic (exact) mass is 208 g/mol. The van der Waals surface area contributed by atoms with Crippen LogP contribution in [0.2, 0.25) is 0 Å². The predicted molar refractivity (Wildman–Crippen MR) is 55.8 cm³/mol. The van der Waals surface area contributed by atoms with Gasteiger partial charge in [0.1, 0.15) is 0 Å². The molecule has 0 aliphatic carbocycles. The molecule has 0 aromatic carbocycles. The third kappa shape index (κ3) is 8.21. The second kappa shape index (κ2) is 6.34. The third-order valence-electron chi connectivity index (χ3n) is 1.77. The molecule has 0 saturated carbocycles. The van der Waals surface area contributed by atoms with E-state index in [2.05, 4.69) is 10.2 Å². The first-order valence-electron chi connectivity index (χ1n) is 4.54. The van der Waals surface area contributed by atoms with E-state index >= 15 is 0 Å². The molecular formula is C8H20N2O2S. The summed E-state index contributed by atoms with van der Waals surface area (Å²) in [6.07, 6.45) is 0. The van der Waals surface area contributed by atoms with E-state index < -0.39 is 9.84 Å². The Morgan fingerprint density at radius 3 is 2.31 bits per heavy atom. The Balaban J connectivity index is 3.37. The van der Waals surface area contributed by atoms with E-state index in [1.807, 2.05) is 14.1 Å². The summed E-state index contributed by atoms with van der Waals surface area (Å²) in [6.45, 7) is 4.01. The van der Waals surface area contributed by atoms with Gasteiger partial charge in [0.05, 0.1) is 5.75 Å². The number of nitrogens with one attached hydrogen (secondary N) is 1. The maximum absolute atomic E-state index is 11.0. The molecule has 0 heterocycles. The average molecular weight is 208 g/mol. The highest BCUT2D eigenvalue weighted by atomic mass is 32.2. The second-order valence-electron chi connectivity index (χ2n) is 3.29. The maximum Gasteiger partial charge on any atom is 0.151 e. The van der Waals surface area contributed by atoms with E-state index in [1.165, 1.54) is 0 Å². The van der Waals surface area contributed by atoms with E-state index in [-0.39, 0.29) is 11.5 Å². The van der Waals surface area contributed by atoms with Crippen LogP contribution in [0.5, 0.6) is 0 Å². The van der Waals surface area contributed by atoms with E-state index in [0.717, 1.165) is 13.1 Å². The van der Waals surface area contributed by atoms with E-state index in [1.54, 1.807) is 6.92 Å². The Bertz CT molecular complexity index is 212. The Hall–Kier alpha value is -0.130. The lowest BCUT2D eigenvalue weighted by Crippen LogP contribution is -2.30. The van der Waals surface area contributed by atoms with Gasteiger partial charge in [-0.15, -0.1) is 0 Å². The van der Waals surface area contributed by atoms with Crippen molar-refractivity contribution >= 4 is 9.84 Å². The molecule has 0 rings (SSSR count). The first-order valence-corrected chi connectivity index (χ1v) is 6.36. The van der Waals surface area contributed by atoms with Crippen molar-refractivity contribution in [2.24, 2.45) is 0 Å². The fourth-order valence-electron chi connectivity index (χ4n) is 0.800. The summed E-state index contributed by atoms with van der Waals surface area (Å²) < 4.78 is 22.1. The summed E-state index contributed by atoms with van der Waals surface area (Å²) >= 11 is 0. The number of likely N-dealkylation sites (N-methyl/N-ethyl adjacent to an activating group) is 1. The van der Waals surface area contributed by atoms with Crippen LogP contribution in [0.1, 0.15) is 6.92 Å². The molecule has 0 amide bonds. The smallest absolute Gasteiger partial charge is 0.151 e. The molecule has 4 nitrogen and oxygen atoms in total. The standard InChI is InChI=1S/C8H20N2O2S/c1-4-13(11,12)8-6-9-5-7-10(2)3/h9H,4-8H2,1-3H3. The van der Waals surface area contributed by atoms with E-state index in [0.29, 0.717) is 6.54 Å². The second-order valence-corrected chi connectivity index (χ2v) is 5.76. The molecule has 0 saturated heterocycles. The molecule has 1 N–H and O–H groups in total. The molecule has 0 fully saturated rings. The Labute approximate surface area is 81.2 Å². The zero-order valence-electron chi connectivity index (χ0n) is 8.71. The van der Waals surface area contributed by atoms with Crippen LogP contribution in [0.25, 0.3) is 0 Å². The molecule has 0 aliphatic heterocycles. The quantitative estimate of drug-likeness (QED) is 0.577. The van der Waals surface area contributed by atoms with Gasteiger partial charge >= 0.3 is 0 Å². The minimum absolute atomic E-state index is 0.238. The number of hydrogen-bond donors (Lipinski definition) is 1. The molecule has 0 spiro atoms. The fraction of sp³-hybridized carbons (Fsp3) is 1.00. The van der Waals surface area contributed by atoms with Crippen LogP contribution < -0.4 is 5.32 Å². The zero-order chi connectivity index (χ0) is 10.3. The molecule has 0 aliphatic rings. The van der Waals surface area contributed by atoms with E-state index in [9.17, 15) is 8.42 Å². The van der Waals surface area contributed by atoms with Crippen molar-refractivity contribution in [2.45, 2.75) is 6.92 Å². The summed E-state index contributed by atoms with van der Waals surface area (Å²) in [6, 6.07) is 0. The van der Waals surface area contributed by atoms with Gasteiger partial charge in [0.15, 0.2) is 9.84 Å². The van der Waals surface area contributed by atoms with Gasteiger partial charge in [-0.1, -0.05) is 6.92 Å². The molecule has 0 aromatic rings. The van der Waals surface area contributed by atoms with Gasteiger partial charge in [0, 0.05) is 25.4 Å². The van der Waals surface area contributed by atoms with Gasteiger partial charge in [0.25, 0.3) is 0 Å². The van der Waals surface area contributed by atoms with Crippen LogP contribution >= 0.6 is 0 Å². The van der Waals surface area contributed by atoms with Crippen molar-refractivity contribution in [3.8, 4) is 0 Å². The summed E-state index contributed by atoms with van der Waals surface area (Å²) in [5, 5.41) is 3.09. The molecule has 0 bridgehead atoms. The van der Waals surface area contributed by atoms with Crippen molar-refractivity contribution in [1.29, 1.82) is 0 Å². The largest absolute Gasteiger partial charge is 0.314 e. The molecule has 0 aromatic heterocycles. The summed E-state index contributed by atoms with van der Waals surface area (Å²) in [5.74, 6) is 0.485. The van der Waals surface area contributed by atoms with Crippen LogP contribution in [-0.4, -0.2) is 58.6 Å². The van der Waals surface area contributed by atoms with Crippen molar-refractivity contribution in [2.75, 3.05) is 45.2 Å². The SMILES string of the molecule is CCS(=O)(=O)CCNCCN(C)C. The van der Waals surface area contributed by atoms with Crippen molar-refractivity contribution in [3.05, 3.63) is 0 Å². The van der Waals surface area contributed by atoms with Crippen molar-refractivity contribution in [1.82, 2.24) is 10.2 Å². The summed E-state index contributed by atoms with van der Waals surface area (Å²) in [7, 11) is 1.18. The van der Waals surface area contributed by atoms with Crippen molar-refractivity contribution in [3.63, 3.8) is 0 Å². The number of sulfone groups is 1. The van der Waals surface area contributed by atoms with Crippen molar-refractivity contribution < 1.29 is 8.42 Å². The molecule has 5 heteroatoms. The van der Waals surface area contributed by atoms with Crippen LogP contribution in [0, 0.1) is 0 Å². The van der Waals surface area contributed by atoms with Crippen LogP contribution in [0.4, 0.5) is 0 Å². The highest BCUT2D eigenvalue weighted by molar-refractivity contribution is 7.91. The normalized spacial score (nSPS) is 12.3. The highest BCUT2D eigenvalue weighted by Crippen LogP contribution is 1.86. The maximum atomic E-state index is 11.0. The van der Waals surface area contributed by atoms with Crippen LogP contribution in [0.15, 0.2) is 0 Å². The summed E-state index contributed by atoms with van der Waals surface area (Å²) in [5.41, 5.74) is 0. The van der Waals surface area contributed by atoms with Crippen LogP contribution in [-0.2, 0) is 9.84 Å². The van der Waals surface area contributed by atoms with Gasteiger partial charge in [-0.25, -0.2) is 8.42 Å². The molecule has 0 atom stereocenters. The molecule has 0 unspecified atom stereocenters. The lowest BCUT2D eigenvalue weighted by Gasteiger charge is -2.09. The zero-order valence-corrected chi connectivity index (χ0v) is 9.52. The Kier molecular flexibility index (Phi) is 6.28. The lowest BCUT2D eigenvalue weighted by atomic mass is 10.5. The number of nitrogens with zero attached hydrogens (tertiary/aromatic N) is 1. The molecule has 80 valence electrons. The Morgan fingerprint density at radius 1 is 1.23 bits per heavy atom. The molecule has 0 radical (unpaired) electrons. The van der Waals surface area contributed by atoms with Gasteiger partial charge in [-0.3, -0.25) is 0 Å². The summed E-state index contributed by atoms with van der Waals surface area (Å²) in [4.78, 5) is 2.06. The van der Waals surface area contributed by atoms with Gasteiger partial charge < -0.3 is 10.2 Å². The Morgan fingerprint density at radius 2 is 1.85 bits per heavy atom. The number of hydrogen-bond acceptors (Lipinski definition) is 4. The predicted octanol–water partition coefficient (Wildman–Crippen LogP) is -0.428. The van der Waals surface area contributed by atoms with Gasteiger partial charge in [-0.2, -0.15) is 0 Å². The molecular weight excluding hydrogens is 188 g/mol. The third-order valence-corrected chi connectivity index (χ3v) is 3.47. The fourth-order valence-corrected chi connectivity index (χ4v) is 1.54. The van der Waals surface area contributed by atoms with E-state index in [4.69, 9.17) is 0 Å². The highest BCUT2D eigenvalue weighted by Gasteiger charge is 2.05. The first kappa shape index (κ1) is 12.9. The lowest BCUT2D eigenvalue weighted by molar-refractivity contribution is 0.402. The topological polar surface area (TPSA) is 49.4 Å². The average Bonchev–Trinajstić information content (AvgIpc) is 2.03. The molecule has 13 heavy (non-hydrogen) atoms. The first-order chi connectivity index (χ1) is 5.98. The minimum Gasteiger partial charge on any atom is -0.314 e. The number of rotatable bonds is 7. The van der Waals surface area contributed by atoms with Gasteiger partial charge in [-0.05, 0) is 14.1 Å². The van der Waals surface area contributed by atoms with Gasteiger partial charge in [0.2, 0.25) is 0 Å². The van der Waals surface area contributed by atoms with Crippen LogP contribution in [0.3, 0.4) is 0 Å². The minimum atomic E-state index is -2.80.